The molecule has 0 bridgehead atoms. The van der Waals surface area contributed by atoms with Crippen LogP contribution in [0.25, 0.3) is 5.32 Å². The van der Waals surface area contributed by atoms with E-state index in [1.54, 1.807) is 0 Å². The van der Waals surface area contributed by atoms with Crippen molar-refractivity contribution in [1.82, 2.24) is 0 Å². The van der Waals surface area contributed by atoms with Gasteiger partial charge in [-0.15, -0.1) is 13.1 Å². The maximum Gasteiger partial charge on any atom is 6.00 e. The number of hydrogen-bond acceptors (Lipinski definition) is 0. The molecule has 1 fully saturated rings. The maximum atomic E-state index is 7.50. The van der Waals surface area contributed by atoms with Gasteiger partial charge in [-0.3, -0.25) is 0 Å². The number of rotatable bonds is 0. The van der Waals surface area contributed by atoms with E-state index in [0.717, 1.165) is 13.1 Å². The molecule has 0 amide bonds. The van der Waals surface area contributed by atoms with Crippen LogP contribution < -0.4 is 0 Å². The third-order valence-electron chi connectivity index (χ3n) is 1.13. The van der Waals surface area contributed by atoms with E-state index >= 15 is 0 Å². The third-order valence-corrected chi connectivity index (χ3v) is 1.13. The minimum atomic E-state index is 0. The maximum absolute atomic E-state index is 7.50. The van der Waals surface area contributed by atoms with E-state index in [9.17, 15) is 0 Å². The first-order chi connectivity index (χ1) is 8.00. The summed E-state index contributed by atoms with van der Waals surface area (Å²) in [6.07, 6.45) is 4.07. The average molecular weight is 276 g/mol. The van der Waals surface area contributed by atoms with Gasteiger partial charge in [0.2, 0.25) is 0 Å². The molecule has 1 aliphatic heterocycles. The van der Waals surface area contributed by atoms with Crippen molar-refractivity contribution >= 4 is 0 Å². The van der Waals surface area contributed by atoms with Gasteiger partial charge in [-0.2, -0.15) is 0 Å². The van der Waals surface area contributed by atoms with Gasteiger partial charge in [-0.05, 0) is 0 Å². The van der Waals surface area contributed by atoms with E-state index in [-0.39, 0.29) is 17.4 Å². The second-order valence-corrected chi connectivity index (χ2v) is 1.73. The molecule has 1 rings (SSSR count). The summed E-state index contributed by atoms with van der Waals surface area (Å²) in [7, 11) is 0. The normalized spacial score (nSPS) is 9.06. The third kappa shape index (κ3) is 98.1. The fraction of sp³-hybridized carbons (Fsp3) is 0.500. The van der Waals surface area contributed by atoms with Crippen LogP contribution in [0.3, 0.4) is 0 Å². The fourth-order valence-corrected chi connectivity index (χ4v) is 0.736. The minimum Gasteiger partial charge on any atom is 6.00 e. The molecule has 1 saturated heterocycles. The summed E-state index contributed by atoms with van der Waals surface area (Å²) in [5.74, 6) is 0. The predicted molar refractivity (Wildman–Crippen MR) is 46.6 cm³/mol. The van der Waals surface area contributed by atoms with E-state index in [1.165, 1.54) is 19.3 Å². The summed E-state index contributed by atoms with van der Waals surface area (Å²) in [6.45, 7) is 24.8. The Kier molecular flexibility index (Phi) is 240. The predicted octanol–water partition coefficient (Wildman–Crippen LogP) is 1.35. The largest absolute Gasteiger partial charge is 6.00 e. The van der Waals surface area contributed by atoms with E-state index in [1.807, 2.05) is 0 Å². The Morgan fingerprint density at radius 3 is 0.824 bits per heavy atom. The molecule has 1 aliphatic rings. The summed E-state index contributed by atoms with van der Waals surface area (Å²) in [4.78, 5) is 0. The summed E-state index contributed by atoms with van der Waals surface area (Å²) >= 11 is 0. The molecule has 7 heteroatoms. The molecule has 0 aliphatic carbocycles. The minimum absolute atomic E-state index is 0. The molecule has 6 nitrogen and oxygen atoms in total. The Morgan fingerprint density at radius 2 is 0.765 bits per heavy atom. The SMILES string of the molecule is C1CC[N-]CC1.[C-]#[O+].[C-]#[O+].[C-]#[O+].[C-]#[O+].[C-]#[O+].[Cr+6]. The number of nitrogens with zero attached hydrogens (tertiary/aromatic N) is 1. The van der Waals surface area contributed by atoms with Gasteiger partial charge in [0.1, 0.15) is 0 Å². The molecular formula is C10H10CrNO5+5. The standard InChI is InChI=1S/C5H10N.5CO.Cr/c1-2-4-6-5-3-1;5*1-2;/h1-5H2;;;;;;/q-1;;;;;;+6. The molecule has 0 N–H and O–H groups in total. The summed E-state index contributed by atoms with van der Waals surface area (Å²) in [5.41, 5.74) is 0. The summed E-state index contributed by atoms with van der Waals surface area (Å²) in [5, 5.41) is 4.18. The Morgan fingerprint density at radius 1 is 0.529 bits per heavy atom. The van der Waals surface area contributed by atoms with Gasteiger partial charge in [-0.1, -0.05) is 19.3 Å². The molecule has 86 valence electrons. The van der Waals surface area contributed by atoms with Crippen LogP contribution in [0.2, 0.25) is 0 Å². The monoisotopic (exact) mass is 276 g/mol. The van der Waals surface area contributed by atoms with Crippen molar-refractivity contribution in [3.05, 3.63) is 38.6 Å². The Balaban J connectivity index is -0.0000000242. The number of hydrogen-bond donors (Lipinski definition) is 0. The van der Waals surface area contributed by atoms with E-state index in [4.69, 9.17) is 23.3 Å². The first-order valence-corrected chi connectivity index (χ1v) is 3.65. The smallest absolute Gasteiger partial charge is 6.00 e. The molecule has 0 aromatic heterocycles. The Labute approximate surface area is 112 Å². The van der Waals surface area contributed by atoms with Gasteiger partial charge >= 0.3 is 73.9 Å². The van der Waals surface area contributed by atoms with Crippen LogP contribution in [0, 0.1) is 33.3 Å². The Bertz CT molecular complexity index is 135. The summed E-state index contributed by atoms with van der Waals surface area (Å²) in [6, 6.07) is 0. The van der Waals surface area contributed by atoms with E-state index in [0.29, 0.717) is 0 Å². The van der Waals surface area contributed by atoms with Crippen LogP contribution in [0.15, 0.2) is 0 Å². The van der Waals surface area contributed by atoms with Crippen LogP contribution in [-0.4, -0.2) is 13.1 Å². The van der Waals surface area contributed by atoms with Crippen LogP contribution in [0.5, 0.6) is 0 Å². The molecule has 1 heterocycles. The van der Waals surface area contributed by atoms with Gasteiger partial charge in [-0.25, -0.2) is 0 Å². The fourth-order valence-electron chi connectivity index (χ4n) is 0.736. The summed E-state index contributed by atoms with van der Waals surface area (Å²) < 4.78 is 37.5. The van der Waals surface area contributed by atoms with Gasteiger partial charge in [0.25, 0.3) is 0 Å². The van der Waals surface area contributed by atoms with Crippen molar-refractivity contribution in [3.8, 4) is 0 Å². The van der Waals surface area contributed by atoms with Crippen molar-refractivity contribution in [3.63, 3.8) is 0 Å². The Hall–Kier alpha value is -0.808. The molecule has 0 spiro atoms. The van der Waals surface area contributed by atoms with Gasteiger partial charge in [0.05, 0.1) is 0 Å². The second kappa shape index (κ2) is 114. The van der Waals surface area contributed by atoms with Crippen molar-refractivity contribution in [2.24, 2.45) is 0 Å². The molecule has 0 radical (unpaired) electrons. The van der Waals surface area contributed by atoms with Crippen molar-refractivity contribution in [2.75, 3.05) is 13.1 Å². The molecule has 0 aromatic carbocycles. The molecule has 0 atom stereocenters. The topological polar surface area (TPSA) is 114 Å². The quantitative estimate of drug-likeness (QED) is 0.469. The zero-order valence-electron chi connectivity index (χ0n) is 8.93. The van der Waals surface area contributed by atoms with Gasteiger partial charge < -0.3 is 5.32 Å². The zero-order chi connectivity index (χ0) is 14.2. The van der Waals surface area contributed by atoms with Crippen LogP contribution >= 0.6 is 0 Å². The second-order valence-electron chi connectivity index (χ2n) is 1.73. The molecule has 0 unspecified atom stereocenters. The molecule has 17 heavy (non-hydrogen) atoms. The van der Waals surface area contributed by atoms with Crippen LogP contribution in [-0.2, 0) is 40.6 Å². The average Bonchev–Trinajstić information content (AvgIpc) is 2.51. The van der Waals surface area contributed by atoms with Crippen LogP contribution in [0.4, 0.5) is 0 Å². The zero-order valence-corrected chi connectivity index (χ0v) is 10.2. The van der Waals surface area contributed by atoms with E-state index < -0.39 is 0 Å². The molecular weight excluding hydrogens is 266 g/mol. The van der Waals surface area contributed by atoms with Crippen LogP contribution in [0.1, 0.15) is 19.3 Å². The van der Waals surface area contributed by atoms with Crippen molar-refractivity contribution < 1.29 is 40.6 Å². The first kappa shape index (κ1) is 36.0. The van der Waals surface area contributed by atoms with Gasteiger partial charge in [0, 0.05) is 0 Å². The van der Waals surface area contributed by atoms with Gasteiger partial charge in [0.15, 0.2) is 0 Å². The number of piperidine rings is 1. The molecule has 0 aromatic rings. The van der Waals surface area contributed by atoms with E-state index in [2.05, 4.69) is 38.6 Å². The van der Waals surface area contributed by atoms with Crippen molar-refractivity contribution in [2.45, 2.75) is 19.3 Å². The first-order valence-electron chi connectivity index (χ1n) is 3.65. The molecule has 0 saturated carbocycles. The van der Waals surface area contributed by atoms with Crippen molar-refractivity contribution in [1.29, 1.82) is 0 Å².